The van der Waals surface area contributed by atoms with Crippen LogP contribution in [0.3, 0.4) is 0 Å². The van der Waals surface area contributed by atoms with Gasteiger partial charge in [-0.3, -0.25) is 4.98 Å². The van der Waals surface area contributed by atoms with E-state index in [0.29, 0.717) is 0 Å². The van der Waals surface area contributed by atoms with Gasteiger partial charge in [0.25, 0.3) is 0 Å². The summed E-state index contributed by atoms with van der Waals surface area (Å²) in [7, 11) is 2.17. The standard InChI is InChI=1S/C18H25N3/c1-11-8-12(2)17-13(9-11)16(18(3,4)19)14-10-21(5)7-6-15(14)20-17/h8-9H,6-7,10,19H2,1-5H3. The molecule has 3 nitrogen and oxygen atoms in total. The molecule has 2 N–H and O–H groups in total. The zero-order chi connectivity index (χ0) is 15.4. The maximum Gasteiger partial charge on any atom is 0.0738 e. The van der Waals surface area contributed by atoms with E-state index in [1.54, 1.807) is 0 Å². The SMILES string of the molecule is Cc1cc(C)c2nc3c(c(C(C)(C)N)c2c1)CN(C)CC3. The van der Waals surface area contributed by atoms with Gasteiger partial charge in [0.15, 0.2) is 0 Å². The molecule has 2 aromatic rings. The number of nitrogens with zero attached hydrogens (tertiary/aromatic N) is 2. The van der Waals surface area contributed by atoms with Gasteiger partial charge in [0, 0.05) is 36.1 Å². The highest BCUT2D eigenvalue weighted by atomic mass is 15.1. The number of nitrogens with two attached hydrogens (primary N) is 1. The number of pyridine rings is 1. The van der Waals surface area contributed by atoms with Crippen LogP contribution >= 0.6 is 0 Å². The van der Waals surface area contributed by atoms with Gasteiger partial charge in [-0.15, -0.1) is 0 Å². The van der Waals surface area contributed by atoms with Gasteiger partial charge in [-0.05, 0) is 57.5 Å². The summed E-state index contributed by atoms with van der Waals surface area (Å²) >= 11 is 0. The Morgan fingerprint density at radius 2 is 1.95 bits per heavy atom. The molecular formula is C18H25N3. The minimum absolute atomic E-state index is 0.357. The second-order valence-corrected chi connectivity index (χ2v) is 7.10. The number of benzene rings is 1. The Kier molecular flexibility index (Phi) is 3.30. The maximum absolute atomic E-state index is 6.55. The molecule has 1 aliphatic rings. The number of fused-ring (bicyclic) bond motifs is 2. The molecule has 0 atom stereocenters. The van der Waals surface area contributed by atoms with E-state index in [2.05, 4.69) is 51.8 Å². The van der Waals surface area contributed by atoms with Gasteiger partial charge in [-0.1, -0.05) is 11.6 Å². The fraction of sp³-hybridized carbons (Fsp3) is 0.500. The van der Waals surface area contributed by atoms with Crippen molar-refractivity contribution in [1.82, 2.24) is 9.88 Å². The average molecular weight is 283 g/mol. The van der Waals surface area contributed by atoms with Crippen molar-refractivity contribution in [2.24, 2.45) is 5.73 Å². The Balaban J connectivity index is 2.43. The Morgan fingerprint density at radius 1 is 1.24 bits per heavy atom. The lowest BCUT2D eigenvalue weighted by Gasteiger charge is -2.32. The summed E-state index contributed by atoms with van der Waals surface area (Å²) in [5.41, 5.74) is 13.7. The van der Waals surface area contributed by atoms with Crippen LogP contribution in [0.4, 0.5) is 0 Å². The first kappa shape index (κ1) is 14.5. The molecule has 1 aliphatic heterocycles. The Hall–Kier alpha value is -1.45. The molecule has 0 amide bonds. The summed E-state index contributed by atoms with van der Waals surface area (Å²) in [5.74, 6) is 0. The maximum atomic E-state index is 6.55. The molecule has 0 fully saturated rings. The van der Waals surface area contributed by atoms with Gasteiger partial charge in [-0.2, -0.15) is 0 Å². The monoisotopic (exact) mass is 283 g/mol. The molecule has 0 saturated heterocycles. The summed E-state index contributed by atoms with van der Waals surface area (Å²) in [5, 5.41) is 1.23. The predicted octanol–water partition coefficient (Wildman–Crippen LogP) is 3.03. The van der Waals surface area contributed by atoms with Crippen molar-refractivity contribution in [1.29, 1.82) is 0 Å². The van der Waals surface area contributed by atoms with Crippen LogP contribution in [0.15, 0.2) is 12.1 Å². The minimum Gasteiger partial charge on any atom is -0.322 e. The third kappa shape index (κ3) is 2.45. The largest absolute Gasteiger partial charge is 0.322 e. The van der Waals surface area contributed by atoms with Gasteiger partial charge >= 0.3 is 0 Å². The van der Waals surface area contributed by atoms with E-state index in [-0.39, 0.29) is 5.54 Å². The first-order valence-corrected chi connectivity index (χ1v) is 7.68. The van der Waals surface area contributed by atoms with Gasteiger partial charge in [0.05, 0.1) is 5.52 Å². The molecule has 112 valence electrons. The fourth-order valence-corrected chi connectivity index (χ4v) is 3.57. The average Bonchev–Trinajstić information content (AvgIpc) is 2.34. The summed E-state index contributed by atoms with van der Waals surface area (Å²) < 4.78 is 0. The summed E-state index contributed by atoms with van der Waals surface area (Å²) in [6.07, 6.45) is 1.01. The number of aryl methyl sites for hydroxylation is 2. The Morgan fingerprint density at radius 3 is 2.62 bits per heavy atom. The molecule has 0 saturated carbocycles. The first-order valence-electron chi connectivity index (χ1n) is 7.68. The molecule has 21 heavy (non-hydrogen) atoms. The zero-order valence-corrected chi connectivity index (χ0v) is 13.7. The first-order chi connectivity index (χ1) is 9.77. The minimum atomic E-state index is -0.357. The van der Waals surface area contributed by atoms with Crippen LogP contribution in [0.5, 0.6) is 0 Å². The molecule has 0 unspecified atom stereocenters. The van der Waals surface area contributed by atoms with E-state index in [1.165, 1.54) is 33.3 Å². The number of hydrogen-bond donors (Lipinski definition) is 1. The lowest BCUT2D eigenvalue weighted by atomic mass is 9.84. The lowest BCUT2D eigenvalue weighted by molar-refractivity contribution is 0.306. The highest BCUT2D eigenvalue weighted by Crippen LogP contribution is 2.35. The third-order valence-electron chi connectivity index (χ3n) is 4.41. The van der Waals surface area contributed by atoms with E-state index in [0.717, 1.165) is 25.0 Å². The van der Waals surface area contributed by atoms with Crippen LogP contribution < -0.4 is 5.73 Å². The fourth-order valence-electron chi connectivity index (χ4n) is 3.57. The lowest BCUT2D eigenvalue weighted by Crippen LogP contribution is -2.35. The van der Waals surface area contributed by atoms with Crippen LogP contribution in [-0.4, -0.2) is 23.5 Å². The van der Waals surface area contributed by atoms with E-state index in [9.17, 15) is 0 Å². The number of likely N-dealkylation sites (N-methyl/N-ethyl adjacent to an activating group) is 1. The van der Waals surface area contributed by atoms with Gasteiger partial charge in [-0.25, -0.2) is 0 Å². The summed E-state index contributed by atoms with van der Waals surface area (Å²) in [6, 6.07) is 4.46. The second kappa shape index (κ2) is 4.79. The normalized spacial score (nSPS) is 16.3. The molecule has 1 aromatic heterocycles. The second-order valence-electron chi connectivity index (χ2n) is 7.10. The topological polar surface area (TPSA) is 42.1 Å². The van der Waals surface area contributed by atoms with Crippen LogP contribution in [0.25, 0.3) is 10.9 Å². The van der Waals surface area contributed by atoms with Crippen LogP contribution in [0, 0.1) is 13.8 Å². The summed E-state index contributed by atoms with van der Waals surface area (Å²) in [6.45, 7) is 10.5. The van der Waals surface area contributed by atoms with Gasteiger partial charge in [0.2, 0.25) is 0 Å². The van der Waals surface area contributed by atoms with E-state index >= 15 is 0 Å². The number of hydrogen-bond acceptors (Lipinski definition) is 3. The predicted molar refractivity (Wildman–Crippen MR) is 88.5 cm³/mol. The van der Waals surface area contributed by atoms with Crippen molar-refractivity contribution in [3.05, 3.63) is 40.1 Å². The Labute approximate surface area is 127 Å². The molecule has 3 heteroatoms. The van der Waals surface area contributed by atoms with Crippen molar-refractivity contribution in [3.63, 3.8) is 0 Å². The highest BCUT2D eigenvalue weighted by molar-refractivity contribution is 5.88. The molecule has 2 heterocycles. The molecule has 3 rings (SSSR count). The number of aromatic nitrogens is 1. The van der Waals surface area contributed by atoms with Crippen LogP contribution in [0.2, 0.25) is 0 Å². The quantitative estimate of drug-likeness (QED) is 0.874. The Bertz CT molecular complexity index is 711. The van der Waals surface area contributed by atoms with Crippen molar-refractivity contribution in [2.75, 3.05) is 13.6 Å². The van der Waals surface area contributed by atoms with E-state index in [1.807, 2.05) is 0 Å². The van der Waals surface area contributed by atoms with E-state index in [4.69, 9.17) is 10.7 Å². The van der Waals surface area contributed by atoms with Gasteiger partial charge in [0.1, 0.15) is 0 Å². The van der Waals surface area contributed by atoms with Crippen LogP contribution in [-0.2, 0) is 18.5 Å². The van der Waals surface area contributed by atoms with Crippen LogP contribution in [0.1, 0.15) is 41.8 Å². The smallest absolute Gasteiger partial charge is 0.0738 e. The highest BCUT2D eigenvalue weighted by Gasteiger charge is 2.28. The van der Waals surface area contributed by atoms with Gasteiger partial charge < -0.3 is 10.6 Å². The van der Waals surface area contributed by atoms with Crippen molar-refractivity contribution in [3.8, 4) is 0 Å². The molecule has 0 spiro atoms. The molecular weight excluding hydrogens is 258 g/mol. The number of rotatable bonds is 1. The third-order valence-corrected chi connectivity index (χ3v) is 4.41. The molecule has 0 aliphatic carbocycles. The van der Waals surface area contributed by atoms with Crippen molar-refractivity contribution < 1.29 is 0 Å². The molecule has 1 aromatic carbocycles. The van der Waals surface area contributed by atoms with Crippen molar-refractivity contribution in [2.45, 2.75) is 46.2 Å². The van der Waals surface area contributed by atoms with E-state index < -0.39 is 0 Å². The molecule has 0 radical (unpaired) electrons. The molecule has 0 bridgehead atoms. The zero-order valence-electron chi connectivity index (χ0n) is 13.7. The summed E-state index contributed by atoms with van der Waals surface area (Å²) in [4.78, 5) is 7.34. The van der Waals surface area contributed by atoms with Crippen molar-refractivity contribution >= 4 is 10.9 Å².